The molecule has 2 rings (SSSR count). The number of halogens is 3. The molecule has 0 radical (unpaired) electrons. The van der Waals surface area contributed by atoms with E-state index in [1.807, 2.05) is 22.6 Å². The predicted molar refractivity (Wildman–Crippen MR) is 120 cm³/mol. The Hall–Kier alpha value is -2.66. The van der Waals surface area contributed by atoms with E-state index in [0.29, 0.717) is 20.6 Å². The van der Waals surface area contributed by atoms with E-state index in [0.717, 1.165) is 0 Å². The monoisotopic (exact) mass is 545 g/mol. The molecule has 0 aliphatic rings. The van der Waals surface area contributed by atoms with Crippen LogP contribution in [0.4, 0.5) is 4.39 Å². The van der Waals surface area contributed by atoms with Crippen LogP contribution in [0.2, 0.25) is 5.02 Å². The number of nitrogens with one attached hydrogen (secondary N) is 2. The number of nitrogens with zero attached hydrogens (tertiary/aromatic N) is 1. The molecule has 0 aromatic heterocycles. The lowest BCUT2D eigenvalue weighted by Crippen LogP contribution is -2.37. The lowest BCUT2D eigenvalue weighted by molar-refractivity contribution is -0.139. The molecular formula is C20H18ClFIN3O4. The summed E-state index contributed by atoms with van der Waals surface area (Å²) < 4.78 is 25.7. The minimum Gasteiger partial charge on any atom is -0.493 e. The highest BCUT2D eigenvalue weighted by atomic mass is 127. The first-order valence-electron chi connectivity index (χ1n) is 8.52. The van der Waals surface area contributed by atoms with Crippen molar-refractivity contribution in [3.8, 4) is 11.5 Å². The van der Waals surface area contributed by atoms with Crippen LogP contribution in [-0.2, 0) is 16.2 Å². The van der Waals surface area contributed by atoms with Gasteiger partial charge in [0.05, 0.1) is 21.9 Å². The van der Waals surface area contributed by atoms with Crippen LogP contribution in [0.5, 0.6) is 11.5 Å². The Labute approximate surface area is 191 Å². The summed E-state index contributed by atoms with van der Waals surface area (Å²) in [6.07, 6.45) is 2.80. The maximum Gasteiger partial charge on any atom is 0.329 e. The molecule has 0 spiro atoms. The van der Waals surface area contributed by atoms with Gasteiger partial charge in [0.2, 0.25) is 0 Å². The van der Waals surface area contributed by atoms with Crippen LogP contribution in [0.25, 0.3) is 0 Å². The highest BCUT2D eigenvalue weighted by molar-refractivity contribution is 14.1. The second-order valence-corrected chi connectivity index (χ2v) is 7.29. The molecule has 158 valence electrons. The van der Waals surface area contributed by atoms with E-state index in [1.54, 1.807) is 18.2 Å². The van der Waals surface area contributed by atoms with Gasteiger partial charge in [0, 0.05) is 12.1 Å². The highest BCUT2D eigenvalue weighted by Gasteiger charge is 2.15. The van der Waals surface area contributed by atoms with Gasteiger partial charge in [-0.3, -0.25) is 9.59 Å². The van der Waals surface area contributed by atoms with Gasteiger partial charge in [-0.15, -0.1) is 6.58 Å². The van der Waals surface area contributed by atoms with E-state index in [9.17, 15) is 14.0 Å². The number of ether oxygens (including phenoxy) is 2. The summed E-state index contributed by atoms with van der Waals surface area (Å²) >= 11 is 8.06. The average Bonchev–Trinajstić information content (AvgIpc) is 2.72. The van der Waals surface area contributed by atoms with E-state index < -0.39 is 17.6 Å². The number of rotatable bonds is 8. The van der Waals surface area contributed by atoms with E-state index in [4.69, 9.17) is 21.1 Å². The molecule has 30 heavy (non-hydrogen) atoms. The smallest absolute Gasteiger partial charge is 0.329 e. The van der Waals surface area contributed by atoms with Crippen molar-refractivity contribution in [2.45, 2.75) is 6.61 Å². The maximum atomic E-state index is 13.9. The largest absolute Gasteiger partial charge is 0.493 e. The summed E-state index contributed by atoms with van der Waals surface area (Å²) in [4.78, 5) is 23.1. The molecule has 0 saturated carbocycles. The van der Waals surface area contributed by atoms with Crippen molar-refractivity contribution in [2.75, 3.05) is 13.7 Å². The Morgan fingerprint density at radius 1 is 1.33 bits per heavy atom. The van der Waals surface area contributed by atoms with Crippen molar-refractivity contribution in [1.29, 1.82) is 0 Å². The Balaban J connectivity index is 2.10. The first kappa shape index (κ1) is 23.6. The van der Waals surface area contributed by atoms with Crippen LogP contribution >= 0.6 is 34.2 Å². The molecule has 7 nitrogen and oxygen atoms in total. The normalized spacial score (nSPS) is 10.5. The number of hydrazone groups is 1. The Kier molecular flexibility index (Phi) is 9.06. The molecule has 2 aromatic rings. The fourth-order valence-corrected chi connectivity index (χ4v) is 3.23. The molecule has 2 aromatic carbocycles. The average molecular weight is 546 g/mol. The summed E-state index contributed by atoms with van der Waals surface area (Å²) in [5, 5.41) is 6.35. The fourth-order valence-electron chi connectivity index (χ4n) is 2.23. The van der Waals surface area contributed by atoms with Gasteiger partial charge in [-0.25, -0.2) is 9.82 Å². The third kappa shape index (κ3) is 6.42. The maximum absolute atomic E-state index is 13.9. The Morgan fingerprint density at radius 2 is 2.10 bits per heavy atom. The standard InChI is InChI=1S/C20H18ClFIN3O4/c1-3-7-24-19(27)20(28)26-25-10-12-8-16(23)18(17(9-12)29-2)30-11-13-14(21)5-4-6-15(13)22/h3-6,8-10H,1,7,11H2,2H3,(H,24,27)(H,26,28)/b25-10-. The van der Waals surface area contributed by atoms with Crippen molar-refractivity contribution < 1.29 is 23.5 Å². The van der Waals surface area contributed by atoms with Gasteiger partial charge in [0.25, 0.3) is 0 Å². The van der Waals surface area contributed by atoms with Gasteiger partial charge in [0.15, 0.2) is 11.5 Å². The number of hydrogen-bond donors (Lipinski definition) is 2. The molecule has 0 bridgehead atoms. The van der Waals surface area contributed by atoms with Crippen molar-refractivity contribution in [3.05, 3.63) is 68.5 Å². The molecule has 0 aliphatic carbocycles. The van der Waals surface area contributed by atoms with Gasteiger partial charge in [-0.2, -0.15) is 5.10 Å². The van der Waals surface area contributed by atoms with Crippen LogP contribution in [-0.4, -0.2) is 31.7 Å². The SMILES string of the molecule is C=CCNC(=O)C(=O)N/N=C\c1cc(I)c(OCc2c(F)cccc2Cl)c(OC)c1. The number of carbonyl (C=O) groups is 2. The summed E-state index contributed by atoms with van der Waals surface area (Å²) in [5.41, 5.74) is 2.94. The molecule has 0 fully saturated rings. The van der Waals surface area contributed by atoms with Crippen molar-refractivity contribution >= 4 is 52.2 Å². The minimum atomic E-state index is -0.906. The lowest BCUT2D eigenvalue weighted by atomic mass is 10.2. The fraction of sp³-hybridized carbons (Fsp3) is 0.150. The first-order chi connectivity index (χ1) is 14.4. The van der Waals surface area contributed by atoms with Gasteiger partial charge in [0.1, 0.15) is 12.4 Å². The number of amides is 2. The zero-order valence-corrected chi connectivity index (χ0v) is 18.8. The second-order valence-electron chi connectivity index (χ2n) is 5.72. The van der Waals surface area contributed by atoms with Gasteiger partial charge in [-0.05, 0) is 52.4 Å². The third-order valence-electron chi connectivity index (χ3n) is 3.67. The number of carbonyl (C=O) groups excluding carboxylic acids is 2. The number of hydrogen-bond acceptors (Lipinski definition) is 5. The van der Waals surface area contributed by atoms with E-state index in [1.165, 1.54) is 31.5 Å². The molecule has 2 N–H and O–H groups in total. The molecular weight excluding hydrogens is 528 g/mol. The number of benzene rings is 2. The zero-order chi connectivity index (χ0) is 22.1. The highest BCUT2D eigenvalue weighted by Crippen LogP contribution is 2.34. The first-order valence-corrected chi connectivity index (χ1v) is 9.98. The number of methoxy groups -OCH3 is 1. The van der Waals surface area contributed by atoms with Crippen molar-refractivity contribution in [2.24, 2.45) is 5.10 Å². The molecule has 0 atom stereocenters. The predicted octanol–water partition coefficient (Wildman–Crippen LogP) is 3.42. The van der Waals surface area contributed by atoms with Gasteiger partial charge in [-0.1, -0.05) is 23.7 Å². The van der Waals surface area contributed by atoms with Crippen LogP contribution in [0.15, 0.2) is 48.1 Å². The van der Waals surface area contributed by atoms with E-state index in [-0.39, 0.29) is 23.7 Å². The van der Waals surface area contributed by atoms with Crippen LogP contribution < -0.4 is 20.2 Å². The van der Waals surface area contributed by atoms with Gasteiger partial charge < -0.3 is 14.8 Å². The molecule has 0 heterocycles. The topological polar surface area (TPSA) is 89.0 Å². The quantitative estimate of drug-likeness (QED) is 0.175. The van der Waals surface area contributed by atoms with Crippen molar-refractivity contribution in [3.63, 3.8) is 0 Å². The molecule has 0 unspecified atom stereocenters. The van der Waals surface area contributed by atoms with Crippen LogP contribution in [0.1, 0.15) is 11.1 Å². The molecule has 0 aliphatic heterocycles. The molecule has 0 saturated heterocycles. The Morgan fingerprint density at radius 3 is 2.77 bits per heavy atom. The van der Waals surface area contributed by atoms with Crippen LogP contribution in [0, 0.1) is 9.39 Å². The summed E-state index contributed by atoms with van der Waals surface area (Å²) in [6.45, 7) is 3.53. The zero-order valence-electron chi connectivity index (χ0n) is 15.9. The molecule has 2 amide bonds. The van der Waals surface area contributed by atoms with E-state index >= 15 is 0 Å². The van der Waals surface area contributed by atoms with Gasteiger partial charge >= 0.3 is 11.8 Å². The second kappa shape index (κ2) is 11.5. The Bertz CT molecular complexity index is 965. The summed E-state index contributed by atoms with van der Waals surface area (Å²) in [7, 11) is 1.46. The lowest BCUT2D eigenvalue weighted by Gasteiger charge is -2.14. The van der Waals surface area contributed by atoms with Crippen LogP contribution in [0.3, 0.4) is 0 Å². The van der Waals surface area contributed by atoms with Crippen molar-refractivity contribution in [1.82, 2.24) is 10.7 Å². The minimum absolute atomic E-state index is 0.0822. The summed E-state index contributed by atoms with van der Waals surface area (Å²) in [6, 6.07) is 7.74. The molecule has 10 heteroatoms. The summed E-state index contributed by atoms with van der Waals surface area (Å²) in [5.74, 6) is -1.41. The third-order valence-corrected chi connectivity index (χ3v) is 4.82. The van der Waals surface area contributed by atoms with E-state index in [2.05, 4.69) is 22.4 Å².